The maximum absolute atomic E-state index is 12.2. The molecule has 0 saturated carbocycles. The van der Waals surface area contributed by atoms with Crippen molar-refractivity contribution in [1.29, 1.82) is 0 Å². The van der Waals surface area contributed by atoms with Crippen LogP contribution in [0.3, 0.4) is 0 Å². The van der Waals surface area contributed by atoms with Gasteiger partial charge in [0.15, 0.2) is 5.43 Å². The zero-order valence-corrected chi connectivity index (χ0v) is 19.8. The van der Waals surface area contributed by atoms with Gasteiger partial charge in [0.2, 0.25) is 0 Å². The van der Waals surface area contributed by atoms with E-state index >= 15 is 0 Å². The fourth-order valence-corrected chi connectivity index (χ4v) is 3.40. The Bertz CT molecular complexity index is 1380. The number of methoxy groups -OCH3 is 2. The van der Waals surface area contributed by atoms with Gasteiger partial charge >= 0.3 is 5.97 Å². The van der Waals surface area contributed by atoms with E-state index in [1.807, 2.05) is 24.3 Å². The Kier molecular flexibility index (Phi) is 7.99. The second-order valence-electron chi connectivity index (χ2n) is 7.45. The largest absolute Gasteiger partial charge is 0.508 e. The SMILES string of the molecule is CCOC(=O)c1c(C)cc(O)cc1O.COc1cccc(-c2cc(=O)c3ccc(OC)cc3o2)c1. The number of phenols is 2. The smallest absolute Gasteiger partial charge is 0.342 e. The van der Waals surface area contributed by atoms with Gasteiger partial charge in [0, 0.05) is 23.8 Å². The van der Waals surface area contributed by atoms with Gasteiger partial charge in [0.1, 0.15) is 39.9 Å². The third-order valence-corrected chi connectivity index (χ3v) is 5.07. The van der Waals surface area contributed by atoms with Crippen molar-refractivity contribution in [3.8, 4) is 34.3 Å². The Morgan fingerprint density at radius 3 is 2.31 bits per heavy atom. The Labute approximate surface area is 201 Å². The minimum Gasteiger partial charge on any atom is -0.508 e. The normalized spacial score (nSPS) is 10.3. The first kappa shape index (κ1) is 25.2. The molecule has 182 valence electrons. The number of benzene rings is 3. The lowest BCUT2D eigenvalue weighted by Gasteiger charge is -2.07. The van der Waals surface area contributed by atoms with E-state index in [1.165, 1.54) is 12.1 Å². The van der Waals surface area contributed by atoms with Crippen LogP contribution in [0.25, 0.3) is 22.3 Å². The molecule has 0 unspecified atom stereocenters. The van der Waals surface area contributed by atoms with E-state index in [0.717, 1.165) is 11.6 Å². The van der Waals surface area contributed by atoms with Crippen molar-refractivity contribution in [2.45, 2.75) is 13.8 Å². The fraction of sp³-hybridized carbons (Fsp3) is 0.185. The summed E-state index contributed by atoms with van der Waals surface area (Å²) >= 11 is 0. The zero-order valence-electron chi connectivity index (χ0n) is 19.8. The number of carbonyl (C=O) groups is 1. The van der Waals surface area contributed by atoms with Crippen LogP contribution in [0.15, 0.2) is 69.9 Å². The minimum absolute atomic E-state index is 0.0759. The summed E-state index contributed by atoms with van der Waals surface area (Å²) in [6, 6.07) is 16.5. The summed E-state index contributed by atoms with van der Waals surface area (Å²) in [5.41, 5.74) is 1.79. The molecule has 0 radical (unpaired) electrons. The van der Waals surface area contributed by atoms with E-state index in [-0.39, 0.29) is 29.1 Å². The van der Waals surface area contributed by atoms with Crippen LogP contribution >= 0.6 is 0 Å². The van der Waals surface area contributed by atoms with E-state index in [0.29, 0.717) is 33.8 Å². The molecule has 35 heavy (non-hydrogen) atoms. The van der Waals surface area contributed by atoms with E-state index in [9.17, 15) is 14.7 Å². The predicted molar refractivity (Wildman–Crippen MR) is 131 cm³/mol. The lowest BCUT2D eigenvalue weighted by molar-refractivity contribution is 0.0522. The number of aryl methyl sites for hydroxylation is 1. The van der Waals surface area contributed by atoms with Crippen molar-refractivity contribution in [3.63, 3.8) is 0 Å². The average molecular weight is 478 g/mol. The third-order valence-electron chi connectivity index (χ3n) is 5.07. The molecule has 0 aliphatic heterocycles. The first-order valence-electron chi connectivity index (χ1n) is 10.7. The molecule has 3 aromatic carbocycles. The molecule has 1 aromatic heterocycles. The van der Waals surface area contributed by atoms with Gasteiger partial charge in [-0.3, -0.25) is 4.79 Å². The summed E-state index contributed by atoms with van der Waals surface area (Å²) in [6.45, 7) is 3.55. The Morgan fingerprint density at radius 2 is 1.66 bits per heavy atom. The van der Waals surface area contributed by atoms with Gasteiger partial charge in [-0.2, -0.15) is 0 Å². The highest BCUT2D eigenvalue weighted by Crippen LogP contribution is 2.28. The highest BCUT2D eigenvalue weighted by atomic mass is 16.5. The highest BCUT2D eigenvalue weighted by molar-refractivity contribution is 5.94. The number of fused-ring (bicyclic) bond motifs is 1. The number of hydrogen-bond acceptors (Lipinski definition) is 8. The van der Waals surface area contributed by atoms with E-state index in [1.54, 1.807) is 46.3 Å². The summed E-state index contributed by atoms with van der Waals surface area (Å²) < 4.78 is 20.9. The molecule has 0 saturated heterocycles. The molecule has 8 nitrogen and oxygen atoms in total. The van der Waals surface area contributed by atoms with Crippen LogP contribution in [-0.2, 0) is 4.74 Å². The number of carbonyl (C=O) groups excluding carboxylic acids is 1. The van der Waals surface area contributed by atoms with Crippen LogP contribution in [-0.4, -0.2) is 37.0 Å². The van der Waals surface area contributed by atoms with E-state index in [4.69, 9.17) is 23.7 Å². The van der Waals surface area contributed by atoms with Gasteiger partial charge in [0.05, 0.1) is 26.2 Å². The Morgan fingerprint density at radius 1 is 0.943 bits per heavy atom. The van der Waals surface area contributed by atoms with Crippen molar-refractivity contribution in [2.24, 2.45) is 0 Å². The van der Waals surface area contributed by atoms with Crippen molar-refractivity contribution < 1.29 is 33.6 Å². The number of aromatic hydroxyl groups is 2. The van der Waals surface area contributed by atoms with E-state index in [2.05, 4.69) is 0 Å². The predicted octanol–water partition coefficient (Wildman–Crippen LogP) is 5.06. The molecule has 0 fully saturated rings. The van der Waals surface area contributed by atoms with Gasteiger partial charge in [0.25, 0.3) is 0 Å². The Hall–Kier alpha value is -4.46. The lowest BCUT2D eigenvalue weighted by Crippen LogP contribution is -2.06. The molecule has 0 aliphatic rings. The van der Waals surface area contributed by atoms with Gasteiger partial charge in [-0.05, 0) is 49.7 Å². The van der Waals surface area contributed by atoms with Crippen molar-refractivity contribution in [1.82, 2.24) is 0 Å². The molecule has 8 heteroatoms. The van der Waals surface area contributed by atoms with Crippen LogP contribution in [0, 0.1) is 6.92 Å². The molecule has 4 aromatic rings. The van der Waals surface area contributed by atoms with Crippen LogP contribution in [0.2, 0.25) is 0 Å². The summed E-state index contributed by atoms with van der Waals surface area (Å²) in [5, 5.41) is 19.1. The topological polar surface area (TPSA) is 115 Å². The first-order valence-corrected chi connectivity index (χ1v) is 10.7. The fourth-order valence-electron chi connectivity index (χ4n) is 3.40. The number of hydrogen-bond donors (Lipinski definition) is 2. The average Bonchev–Trinajstić information content (AvgIpc) is 2.83. The summed E-state index contributed by atoms with van der Waals surface area (Å²) in [4.78, 5) is 23.5. The van der Waals surface area contributed by atoms with Gasteiger partial charge in [-0.25, -0.2) is 4.79 Å². The van der Waals surface area contributed by atoms with Gasteiger partial charge in [-0.1, -0.05) is 12.1 Å². The second-order valence-corrected chi connectivity index (χ2v) is 7.45. The first-order chi connectivity index (χ1) is 16.8. The maximum Gasteiger partial charge on any atom is 0.342 e. The number of rotatable bonds is 5. The molecular formula is C27H26O8. The summed E-state index contributed by atoms with van der Waals surface area (Å²) in [6.07, 6.45) is 0. The standard InChI is InChI=1S/C17H14O4.C10H12O4/c1-19-12-5-3-4-11(8-12)16-10-15(18)14-7-6-13(20-2)9-17(14)21-16;1-3-14-10(13)9-6(2)4-7(11)5-8(9)12/h3-10H,1-2H3;4-5,11-12H,3H2,1-2H3. The van der Waals surface area contributed by atoms with Crippen molar-refractivity contribution in [3.05, 3.63) is 82.0 Å². The highest BCUT2D eigenvalue weighted by Gasteiger charge is 2.16. The van der Waals surface area contributed by atoms with Crippen LogP contribution < -0.4 is 14.9 Å². The molecule has 0 spiro atoms. The second kappa shape index (κ2) is 11.1. The monoisotopic (exact) mass is 478 g/mol. The van der Waals surface area contributed by atoms with Crippen molar-refractivity contribution in [2.75, 3.05) is 20.8 Å². The quantitative estimate of drug-likeness (QED) is 0.383. The molecule has 1 heterocycles. The van der Waals surface area contributed by atoms with Crippen LogP contribution in [0.5, 0.6) is 23.0 Å². The van der Waals surface area contributed by atoms with Crippen molar-refractivity contribution >= 4 is 16.9 Å². The van der Waals surface area contributed by atoms with Crippen LogP contribution in [0.1, 0.15) is 22.8 Å². The third kappa shape index (κ3) is 5.92. The minimum atomic E-state index is -0.581. The molecule has 0 bridgehead atoms. The maximum atomic E-state index is 12.2. The lowest BCUT2D eigenvalue weighted by atomic mass is 10.1. The molecule has 2 N–H and O–H groups in total. The number of phenolic OH excluding ortho intramolecular Hbond substituents is 2. The van der Waals surface area contributed by atoms with E-state index < -0.39 is 5.97 Å². The molecule has 0 atom stereocenters. The van der Waals surface area contributed by atoms with Crippen LogP contribution in [0.4, 0.5) is 0 Å². The number of ether oxygens (including phenoxy) is 3. The molecule has 4 rings (SSSR count). The summed E-state index contributed by atoms with van der Waals surface area (Å²) in [7, 11) is 3.17. The van der Waals surface area contributed by atoms with Gasteiger partial charge < -0.3 is 28.8 Å². The van der Waals surface area contributed by atoms with Gasteiger partial charge in [-0.15, -0.1) is 0 Å². The zero-order chi connectivity index (χ0) is 25.5. The molecular weight excluding hydrogens is 452 g/mol. The molecule has 0 amide bonds. The number of esters is 1. The Balaban J connectivity index is 0.000000214. The summed E-state index contributed by atoms with van der Waals surface area (Å²) in [5.74, 6) is 0.936. The molecule has 0 aliphatic carbocycles.